The lowest BCUT2D eigenvalue weighted by molar-refractivity contribution is -0.167. The zero-order valence-electron chi connectivity index (χ0n) is 42.3. The van der Waals surface area contributed by atoms with E-state index in [1.807, 2.05) is 0 Å². The minimum absolute atomic E-state index is 0.0623. The SMILES string of the molecule is CCCCCCCCCCCCCCCCCCCCC(=O)OC[C@H](COC(=O)CCCCCCCCCCCCC(C)C)OC(=O)CCCCCCCCCCCCCCC. The predicted octanol–water partition coefficient (Wildman–Crippen LogP) is 18.2. The van der Waals surface area contributed by atoms with Crippen molar-refractivity contribution >= 4 is 17.9 Å². The average molecular weight is 877 g/mol. The zero-order valence-corrected chi connectivity index (χ0v) is 42.3. The molecular formula is C56H108O6. The first-order chi connectivity index (χ1) is 30.4. The summed E-state index contributed by atoms with van der Waals surface area (Å²) in [7, 11) is 0. The van der Waals surface area contributed by atoms with Crippen LogP contribution in [-0.2, 0) is 28.6 Å². The molecule has 0 fully saturated rings. The number of unbranched alkanes of at least 4 members (excludes halogenated alkanes) is 38. The van der Waals surface area contributed by atoms with Crippen LogP contribution in [0.15, 0.2) is 0 Å². The fourth-order valence-corrected chi connectivity index (χ4v) is 8.57. The molecule has 0 aliphatic heterocycles. The van der Waals surface area contributed by atoms with E-state index in [1.54, 1.807) is 0 Å². The molecule has 0 radical (unpaired) electrons. The van der Waals surface area contributed by atoms with Crippen LogP contribution >= 0.6 is 0 Å². The summed E-state index contributed by atoms with van der Waals surface area (Å²) >= 11 is 0. The van der Waals surface area contributed by atoms with E-state index in [-0.39, 0.29) is 31.1 Å². The highest BCUT2D eigenvalue weighted by molar-refractivity contribution is 5.71. The van der Waals surface area contributed by atoms with Gasteiger partial charge < -0.3 is 14.2 Å². The number of carbonyl (C=O) groups excluding carboxylic acids is 3. The smallest absolute Gasteiger partial charge is 0.306 e. The van der Waals surface area contributed by atoms with Gasteiger partial charge in [0.1, 0.15) is 13.2 Å². The second-order valence-corrected chi connectivity index (χ2v) is 19.7. The Morgan fingerprint density at radius 1 is 0.306 bits per heavy atom. The zero-order chi connectivity index (χ0) is 45.2. The van der Waals surface area contributed by atoms with Gasteiger partial charge in [0.25, 0.3) is 0 Å². The van der Waals surface area contributed by atoms with Gasteiger partial charge in [-0.2, -0.15) is 0 Å². The Hall–Kier alpha value is -1.59. The van der Waals surface area contributed by atoms with E-state index >= 15 is 0 Å². The van der Waals surface area contributed by atoms with Gasteiger partial charge in [-0.3, -0.25) is 14.4 Å². The molecule has 0 heterocycles. The Morgan fingerprint density at radius 3 is 0.790 bits per heavy atom. The third-order valence-corrected chi connectivity index (χ3v) is 12.8. The lowest BCUT2D eigenvalue weighted by atomic mass is 10.0. The first-order valence-electron chi connectivity index (χ1n) is 27.9. The van der Waals surface area contributed by atoms with Crippen LogP contribution < -0.4 is 0 Å². The number of hydrogen-bond acceptors (Lipinski definition) is 6. The molecule has 368 valence electrons. The third kappa shape index (κ3) is 49.4. The summed E-state index contributed by atoms with van der Waals surface area (Å²) in [5.74, 6) is -0.0209. The monoisotopic (exact) mass is 877 g/mol. The van der Waals surface area contributed by atoms with Crippen LogP contribution in [0.1, 0.15) is 317 Å². The molecule has 0 spiro atoms. The largest absolute Gasteiger partial charge is 0.462 e. The van der Waals surface area contributed by atoms with Crippen LogP contribution in [0.4, 0.5) is 0 Å². The van der Waals surface area contributed by atoms with Crippen LogP contribution in [0.5, 0.6) is 0 Å². The van der Waals surface area contributed by atoms with Crippen molar-refractivity contribution < 1.29 is 28.6 Å². The predicted molar refractivity (Wildman–Crippen MR) is 266 cm³/mol. The van der Waals surface area contributed by atoms with E-state index < -0.39 is 6.10 Å². The maximum Gasteiger partial charge on any atom is 0.306 e. The van der Waals surface area contributed by atoms with Crippen molar-refractivity contribution in [2.24, 2.45) is 5.92 Å². The van der Waals surface area contributed by atoms with E-state index in [0.29, 0.717) is 19.3 Å². The Bertz CT molecular complexity index is 933. The maximum absolute atomic E-state index is 12.8. The number of carbonyl (C=O) groups is 3. The summed E-state index contributed by atoms with van der Waals surface area (Å²) in [6.07, 6.45) is 53.8. The van der Waals surface area contributed by atoms with Crippen LogP contribution in [0.3, 0.4) is 0 Å². The van der Waals surface area contributed by atoms with Gasteiger partial charge in [0.2, 0.25) is 0 Å². The molecule has 62 heavy (non-hydrogen) atoms. The van der Waals surface area contributed by atoms with Crippen molar-refractivity contribution in [3.8, 4) is 0 Å². The van der Waals surface area contributed by atoms with Gasteiger partial charge >= 0.3 is 17.9 Å². The van der Waals surface area contributed by atoms with Crippen molar-refractivity contribution in [1.82, 2.24) is 0 Å². The first-order valence-corrected chi connectivity index (χ1v) is 27.9. The van der Waals surface area contributed by atoms with Gasteiger partial charge in [-0.25, -0.2) is 0 Å². The normalized spacial score (nSPS) is 12.0. The average Bonchev–Trinajstić information content (AvgIpc) is 3.26. The molecule has 0 rings (SSSR count). The van der Waals surface area contributed by atoms with E-state index in [0.717, 1.165) is 63.7 Å². The highest BCUT2D eigenvalue weighted by atomic mass is 16.6. The Balaban J connectivity index is 4.27. The highest BCUT2D eigenvalue weighted by Crippen LogP contribution is 2.18. The lowest BCUT2D eigenvalue weighted by Gasteiger charge is -2.18. The molecule has 0 aromatic rings. The topological polar surface area (TPSA) is 78.9 Å². The minimum Gasteiger partial charge on any atom is -0.462 e. The summed E-state index contributed by atoms with van der Waals surface area (Å²) in [4.78, 5) is 38.0. The molecule has 0 saturated carbocycles. The third-order valence-electron chi connectivity index (χ3n) is 12.8. The van der Waals surface area contributed by atoms with E-state index in [4.69, 9.17) is 14.2 Å². The van der Waals surface area contributed by atoms with Crippen LogP contribution in [0.2, 0.25) is 0 Å². The quantitative estimate of drug-likeness (QED) is 0.0344. The van der Waals surface area contributed by atoms with Crippen molar-refractivity contribution in [1.29, 1.82) is 0 Å². The molecule has 0 bridgehead atoms. The number of ether oxygens (including phenoxy) is 3. The lowest BCUT2D eigenvalue weighted by Crippen LogP contribution is -2.30. The first kappa shape index (κ1) is 60.4. The molecule has 0 aromatic carbocycles. The van der Waals surface area contributed by atoms with Gasteiger partial charge in [0.15, 0.2) is 6.10 Å². The van der Waals surface area contributed by atoms with Crippen LogP contribution in [-0.4, -0.2) is 37.2 Å². The molecule has 1 atom stereocenters. The minimum atomic E-state index is -0.761. The summed E-state index contributed by atoms with van der Waals surface area (Å²) < 4.78 is 16.9. The van der Waals surface area contributed by atoms with Crippen molar-refractivity contribution in [2.75, 3.05) is 13.2 Å². The fourth-order valence-electron chi connectivity index (χ4n) is 8.57. The fraction of sp³-hybridized carbons (Fsp3) is 0.946. The second-order valence-electron chi connectivity index (χ2n) is 19.7. The number of esters is 3. The van der Waals surface area contributed by atoms with Gasteiger partial charge in [-0.05, 0) is 25.2 Å². The van der Waals surface area contributed by atoms with Gasteiger partial charge in [-0.1, -0.05) is 278 Å². The Morgan fingerprint density at radius 2 is 0.532 bits per heavy atom. The summed E-state index contributed by atoms with van der Waals surface area (Å²) in [6.45, 7) is 9.03. The molecule has 6 nitrogen and oxygen atoms in total. The molecule has 0 amide bonds. The number of hydrogen-bond donors (Lipinski definition) is 0. The van der Waals surface area contributed by atoms with Crippen molar-refractivity contribution in [2.45, 2.75) is 323 Å². The van der Waals surface area contributed by atoms with Gasteiger partial charge in [0.05, 0.1) is 0 Å². The van der Waals surface area contributed by atoms with Crippen LogP contribution in [0, 0.1) is 5.92 Å². The summed E-state index contributed by atoms with van der Waals surface area (Å²) in [6, 6.07) is 0. The van der Waals surface area contributed by atoms with E-state index in [1.165, 1.54) is 212 Å². The second kappa shape index (κ2) is 50.4. The maximum atomic E-state index is 12.8. The van der Waals surface area contributed by atoms with Gasteiger partial charge in [0, 0.05) is 19.3 Å². The standard InChI is InChI=1S/C56H108O6/c1-5-7-9-11-13-15-17-19-20-21-22-23-25-26-31-35-39-43-47-54(57)60-50-53(62-56(59)49-45-41-37-33-27-24-18-16-14-12-10-8-6-2)51-61-55(58)48-44-40-36-32-29-28-30-34-38-42-46-52(3)4/h52-53H,5-51H2,1-4H3/t53-/m1/s1. The summed E-state index contributed by atoms with van der Waals surface area (Å²) in [5.41, 5.74) is 0. The van der Waals surface area contributed by atoms with Crippen molar-refractivity contribution in [3.63, 3.8) is 0 Å². The molecule has 6 heteroatoms. The Kier molecular flexibility index (Phi) is 49.1. The molecule has 0 unspecified atom stereocenters. The van der Waals surface area contributed by atoms with E-state index in [2.05, 4.69) is 27.7 Å². The molecule has 0 N–H and O–H groups in total. The van der Waals surface area contributed by atoms with Gasteiger partial charge in [-0.15, -0.1) is 0 Å². The summed E-state index contributed by atoms with van der Waals surface area (Å²) in [5, 5.41) is 0. The van der Waals surface area contributed by atoms with Crippen molar-refractivity contribution in [3.05, 3.63) is 0 Å². The Labute approximate surface area is 387 Å². The highest BCUT2D eigenvalue weighted by Gasteiger charge is 2.19. The molecule has 0 aromatic heterocycles. The number of rotatable bonds is 51. The molecule has 0 saturated heterocycles. The van der Waals surface area contributed by atoms with Crippen LogP contribution in [0.25, 0.3) is 0 Å². The van der Waals surface area contributed by atoms with E-state index in [9.17, 15) is 14.4 Å². The molecule has 0 aliphatic rings. The molecular weight excluding hydrogens is 769 g/mol. The molecule has 0 aliphatic carbocycles.